The van der Waals surface area contributed by atoms with Crippen molar-refractivity contribution in [3.63, 3.8) is 0 Å². The first-order valence-electron chi connectivity index (χ1n) is 6.21. The molecular formula is C13H19IN4S2. The number of aromatic nitrogens is 1. The fourth-order valence-electron chi connectivity index (χ4n) is 1.64. The van der Waals surface area contributed by atoms with E-state index < -0.39 is 0 Å². The molecule has 0 radical (unpaired) electrons. The molecule has 2 rings (SSSR count). The molecular weight excluding hydrogens is 403 g/mol. The Labute approximate surface area is 144 Å². The van der Waals surface area contributed by atoms with Gasteiger partial charge in [0.15, 0.2) is 5.96 Å². The summed E-state index contributed by atoms with van der Waals surface area (Å²) in [7, 11) is 0. The second-order valence-corrected chi connectivity index (χ2v) is 6.23. The largest absolute Gasteiger partial charge is 0.370 e. The summed E-state index contributed by atoms with van der Waals surface area (Å²) >= 11 is 3.43. The highest BCUT2D eigenvalue weighted by Crippen LogP contribution is 2.09. The van der Waals surface area contributed by atoms with Gasteiger partial charge >= 0.3 is 0 Å². The zero-order valence-corrected chi connectivity index (χ0v) is 15.3. The summed E-state index contributed by atoms with van der Waals surface area (Å²) < 4.78 is 0. The van der Waals surface area contributed by atoms with Crippen LogP contribution in [0.2, 0.25) is 0 Å². The Balaban J connectivity index is 0.00000200. The molecule has 3 N–H and O–H groups in total. The lowest BCUT2D eigenvalue weighted by atomic mass is 10.3. The molecule has 2 heterocycles. The Morgan fingerprint density at radius 3 is 2.90 bits per heavy atom. The molecule has 0 aliphatic rings. The number of hydrogen-bond donors (Lipinski definition) is 2. The number of hydrogen-bond acceptors (Lipinski definition) is 4. The Bertz CT molecular complexity index is 522. The molecule has 0 saturated heterocycles. The maximum Gasteiger partial charge on any atom is 0.188 e. The van der Waals surface area contributed by atoms with Gasteiger partial charge in [0.05, 0.1) is 10.7 Å². The summed E-state index contributed by atoms with van der Waals surface area (Å²) in [6.07, 6.45) is 1.83. The van der Waals surface area contributed by atoms with Crippen molar-refractivity contribution in [2.45, 2.75) is 19.8 Å². The minimum absolute atomic E-state index is 0. The van der Waals surface area contributed by atoms with Crippen LogP contribution in [0.25, 0.3) is 0 Å². The molecule has 0 atom stereocenters. The molecule has 2 aromatic rings. The summed E-state index contributed by atoms with van der Waals surface area (Å²) in [4.78, 5) is 10.1. The van der Waals surface area contributed by atoms with E-state index in [0.717, 1.165) is 36.6 Å². The number of thiazole rings is 1. The highest BCUT2D eigenvalue weighted by Gasteiger charge is 1.98. The van der Waals surface area contributed by atoms with Crippen molar-refractivity contribution >= 4 is 52.6 Å². The molecule has 20 heavy (non-hydrogen) atoms. The first-order chi connectivity index (χ1) is 9.24. The fraction of sp³-hybridized carbons (Fsp3) is 0.385. The van der Waals surface area contributed by atoms with Gasteiger partial charge in [0.1, 0.15) is 0 Å². The number of nitrogens with zero attached hydrogens (tertiary/aromatic N) is 2. The van der Waals surface area contributed by atoms with Crippen LogP contribution in [0.3, 0.4) is 0 Å². The van der Waals surface area contributed by atoms with E-state index in [0.29, 0.717) is 5.96 Å². The number of nitrogens with two attached hydrogens (primary N) is 1. The lowest BCUT2D eigenvalue weighted by molar-refractivity contribution is 0.829. The van der Waals surface area contributed by atoms with E-state index in [1.807, 2.05) is 6.92 Å². The number of thiophene rings is 1. The lowest BCUT2D eigenvalue weighted by Gasteiger charge is -2.03. The molecule has 7 heteroatoms. The first kappa shape index (κ1) is 17.4. The summed E-state index contributed by atoms with van der Waals surface area (Å²) in [6, 6.07) is 4.18. The summed E-state index contributed by atoms with van der Waals surface area (Å²) in [6.45, 7) is 3.52. The van der Waals surface area contributed by atoms with Gasteiger partial charge in [0, 0.05) is 36.2 Å². The van der Waals surface area contributed by atoms with Crippen LogP contribution >= 0.6 is 46.7 Å². The van der Waals surface area contributed by atoms with Crippen LogP contribution in [-0.4, -0.2) is 24.0 Å². The van der Waals surface area contributed by atoms with Crippen LogP contribution in [0.5, 0.6) is 0 Å². The third kappa shape index (κ3) is 6.19. The SMILES string of the molecule is Cc1nc(CCNC(N)=NCCc2cccs2)cs1.I. The molecule has 0 unspecified atom stereocenters. The number of guanidine groups is 1. The maximum absolute atomic E-state index is 5.81. The van der Waals surface area contributed by atoms with Gasteiger partial charge in [0.25, 0.3) is 0 Å². The van der Waals surface area contributed by atoms with E-state index in [1.165, 1.54) is 4.88 Å². The second-order valence-electron chi connectivity index (χ2n) is 4.13. The number of nitrogens with one attached hydrogen (secondary N) is 1. The average molecular weight is 422 g/mol. The van der Waals surface area contributed by atoms with Crippen molar-refractivity contribution in [2.24, 2.45) is 10.7 Å². The van der Waals surface area contributed by atoms with Crippen LogP contribution in [0, 0.1) is 6.92 Å². The number of halogens is 1. The number of rotatable bonds is 6. The zero-order valence-electron chi connectivity index (χ0n) is 11.3. The highest BCUT2D eigenvalue weighted by molar-refractivity contribution is 14.0. The zero-order chi connectivity index (χ0) is 13.5. The minimum atomic E-state index is 0. The van der Waals surface area contributed by atoms with Crippen LogP contribution in [0.15, 0.2) is 27.9 Å². The maximum atomic E-state index is 5.81. The molecule has 2 aromatic heterocycles. The van der Waals surface area contributed by atoms with Crippen LogP contribution < -0.4 is 11.1 Å². The van der Waals surface area contributed by atoms with Crippen LogP contribution in [0.4, 0.5) is 0 Å². The van der Waals surface area contributed by atoms with Crippen molar-refractivity contribution in [3.05, 3.63) is 38.5 Å². The van der Waals surface area contributed by atoms with Crippen molar-refractivity contribution in [1.29, 1.82) is 0 Å². The standard InChI is InChI=1S/C13H18N4S2.HI/c1-10-17-11(9-19-10)4-6-15-13(14)16-7-5-12-3-2-8-18-12;/h2-3,8-9H,4-7H2,1H3,(H3,14,15,16);1H. The van der Waals surface area contributed by atoms with Crippen LogP contribution in [0.1, 0.15) is 15.6 Å². The minimum Gasteiger partial charge on any atom is -0.370 e. The van der Waals surface area contributed by atoms with Crippen molar-refractivity contribution in [3.8, 4) is 0 Å². The number of aliphatic imine (C=N–C) groups is 1. The van der Waals surface area contributed by atoms with Gasteiger partial charge in [0.2, 0.25) is 0 Å². The predicted octanol–water partition coefficient (Wildman–Crippen LogP) is 2.82. The van der Waals surface area contributed by atoms with Crippen LogP contribution in [-0.2, 0) is 12.8 Å². The Hall–Kier alpha value is -0.670. The summed E-state index contributed by atoms with van der Waals surface area (Å²) in [5.41, 5.74) is 6.92. The molecule has 0 saturated carbocycles. The van der Waals surface area contributed by atoms with Gasteiger partial charge in [-0.3, -0.25) is 4.99 Å². The van der Waals surface area contributed by atoms with E-state index in [1.54, 1.807) is 22.7 Å². The molecule has 0 bridgehead atoms. The van der Waals surface area contributed by atoms with Gasteiger partial charge in [-0.1, -0.05) is 6.07 Å². The summed E-state index contributed by atoms with van der Waals surface area (Å²) in [5.74, 6) is 0.517. The average Bonchev–Trinajstić information content (AvgIpc) is 3.01. The molecule has 0 amide bonds. The van der Waals surface area contributed by atoms with Gasteiger partial charge in [-0.05, 0) is 18.4 Å². The van der Waals surface area contributed by atoms with E-state index in [9.17, 15) is 0 Å². The van der Waals surface area contributed by atoms with E-state index in [-0.39, 0.29) is 24.0 Å². The predicted molar refractivity (Wildman–Crippen MR) is 98.5 cm³/mol. The number of aryl methyl sites for hydroxylation is 1. The lowest BCUT2D eigenvalue weighted by Crippen LogP contribution is -2.33. The molecule has 0 aromatic carbocycles. The molecule has 0 aliphatic heterocycles. The monoisotopic (exact) mass is 422 g/mol. The van der Waals surface area contributed by atoms with Crippen molar-refractivity contribution < 1.29 is 0 Å². The first-order valence-corrected chi connectivity index (χ1v) is 7.97. The topological polar surface area (TPSA) is 63.3 Å². The van der Waals surface area contributed by atoms with Crippen molar-refractivity contribution in [1.82, 2.24) is 10.3 Å². The Kier molecular flexibility index (Phi) is 8.08. The smallest absolute Gasteiger partial charge is 0.188 e. The van der Waals surface area contributed by atoms with Gasteiger partial charge in [-0.15, -0.1) is 46.7 Å². The quantitative estimate of drug-likeness (QED) is 0.428. The molecule has 0 aliphatic carbocycles. The second kappa shape index (κ2) is 9.30. The molecule has 0 spiro atoms. The van der Waals surface area contributed by atoms with Gasteiger partial charge in [-0.2, -0.15) is 0 Å². The fourth-order valence-corrected chi connectivity index (χ4v) is 2.98. The summed E-state index contributed by atoms with van der Waals surface area (Å²) in [5, 5.41) is 8.38. The van der Waals surface area contributed by atoms with Gasteiger partial charge in [-0.25, -0.2) is 4.98 Å². The highest BCUT2D eigenvalue weighted by atomic mass is 127. The van der Waals surface area contributed by atoms with E-state index in [4.69, 9.17) is 5.73 Å². The van der Waals surface area contributed by atoms with Gasteiger partial charge < -0.3 is 11.1 Å². The molecule has 0 fully saturated rings. The molecule has 110 valence electrons. The van der Waals surface area contributed by atoms with E-state index >= 15 is 0 Å². The van der Waals surface area contributed by atoms with Crippen molar-refractivity contribution in [2.75, 3.05) is 13.1 Å². The Morgan fingerprint density at radius 1 is 1.40 bits per heavy atom. The van der Waals surface area contributed by atoms with E-state index in [2.05, 4.69) is 38.2 Å². The third-order valence-electron chi connectivity index (χ3n) is 2.57. The molecule has 4 nitrogen and oxygen atoms in total. The Morgan fingerprint density at radius 2 is 2.25 bits per heavy atom. The normalized spacial score (nSPS) is 11.2. The third-order valence-corrected chi connectivity index (χ3v) is 4.33.